The molecule has 0 aliphatic heterocycles. The molecule has 112 valence electrons. The van der Waals surface area contributed by atoms with Gasteiger partial charge in [0.2, 0.25) is 0 Å². The van der Waals surface area contributed by atoms with Crippen LogP contribution in [0.4, 0.5) is 5.69 Å². The van der Waals surface area contributed by atoms with Crippen molar-refractivity contribution in [2.24, 2.45) is 0 Å². The molecule has 0 saturated heterocycles. The number of para-hydroxylation sites is 1. The van der Waals surface area contributed by atoms with Crippen LogP contribution in [0.1, 0.15) is 30.9 Å². The molecule has 0 aliphatic carbocycles. The van der Waals surface area contributed by atoms with Crippen LogP contribution in [-0.2, 0) is 6.42 Å². The number of nitrogens with two attached hydrogens (primary N) is 1. The van der Waals surface area contributed by atoms with E-state index in [0.717, 1.165) is 40.9 Å². The van der Waals surface area contributed by atoms with E-state index in [1.807, 2.05) is 19.1 Å². The summed E-state index contributed by atoms with van der Waals surface area (Å²) in [6.07, 6.45) is 9.70. The number of hydrogen-bond donors (Lipinski definition) is 2. The van der Waals surface area contributed by atoms with Crippen LogP contribution < -0.4 is 11.1 Å². The van der Waals surface area contributed by atoms with Gasteiger partial charge in [0.25, 0.3) is 0 Å². The molecule has 0 heterocycles. The number of nitrogen functional groups attached to an aromatic ring is 1. The summed E-state index contributed by atoms with van der Waals surface area (Å²) in [6, 6.07) is 6.10. The third-order valence-electron chi connectivity index (χ3n) is 3.28. The molecule has 3 heteroatoms. The number of allylic oxidation sites excluding steroid dienone is 2. The topological polar surface area (TPSA) is 38.0 Å². The Morgan fingerprint density at radius 1 is 1.48 bits per heavy atom. The minimum absolute atomic E-state index is 0.234. The minimum atomic E-state index is 0.234. The standard InChI is InChI=1S/C18H24N2S/c1-6-7-9-14(4)20-17(21-5)12-15-10-8-11-16(13(2)3)18(15)19/h1,8,10-11,17,20H,2,4,7,9,12,19H2,3,5H3. The van der Waals surface area contributed by atoms with Crippen LogP contribution in [0.15, 0.2) is 37.1 Å². The molecule has 0 aromatic heterocycles. The zero-order valence-corrected chi connectivity index (χ0v) is 13.7. The van der Waals surface area contributed by atoms with Crippen molar-refractivity contribution in [1.82, 2.24) is 5.32 Å². The van der Waals surface area contributed by atoms with E-state index < -0.39 is 0 Å². The van der Waals surface area contributed by atoms with E-state index in [4.69, 9.17) is 12.2 Å². The third-order valence-corrected chi connectivity index (χ3v) is 4.14. The average Bonchev–Trinajstić information content (AvgIpc) is 2.46. The molecular formula is C18H24N2S. The molecule has 0 bridgehead atoms. The van der Waals surface area contributed by atoms with Crippen LogP contribution >= 0.6 is 11.8 Å². The highest BCUT2D eigenvalue weighted by Gasteiger charge is 2.12. The molecule has 0 fully saturated rings. The minimum Gasteiger partial charge on any atom is -0.398 e. The molecule has 1 unspecified atom stereocenters. The maximum Gasteiger partial charge on any atom is 0.0758 e. The van der Waals surface area contributed by atoms with Crippen molar-refractivity contribution in [2.75, 3.05) is 12.0 Å². The number of hydrogen-bond acceptors (Lipinski definition) is 3. The molecule has 3 N–H and O–H groups in total. The van der Waals surface area contributed by atoms with Crippen LogP contribution in [0.2, 0.25) is 0 Å². The zero-order valence-electron chi connectivity index (χ0n) is 12.9. The smallest absolute Gasteiger partial charge is 0.0758 e. The Balaban J connectivity index is 2.78. The highest BCUT2D eigenvalue weighted by Crippen LogP contribution is 2.26. The fourth-order valence-corrected chi connectivity index (χ4v) is 2.71. The molecule has 1 atom stereocenters. The van der Waals surface area contributed by atoms with Gasteiger partial charge in [-0.15, -0.1) is 24.1 Å². The summed E-state index contributed by atoms with van der Waals surface area (Å²) in [5, 5.41) is 3.66. The zero-order chi connectivity index (χ0) is 15.8. The number of rotatable bonds is 8. The van der Waals surface area contributed by atoms with Gasteiger partial charge in [-0.05, 0) is 36.3 Å². The van der Waals surface area contributed by atoms with Gasteiger partial charge in [0.05, 0.1) is 5.37 Å². The van der Waals surface area contributed by atoms with E-state index in [9.17, 15) is 0 Å². The van der Waals surface area contributed by atoms with Crippen molar-refractivity contribution >= 4 is 23.0 Å². The Bertz CT molecular complexity index is 555. The number of benzene rings is 1. The quantitative estimate of drug-likeness (QED) is 0.432. The van der Waals surface area contributed by atoms with E-state index in [2.05, 4.69) is 36.7 Å². The maximum atomic E-state index is 6.25. The van der Waals surface area contributed by atoms with Crippen molar-refractivity contribution in [3.63, 3.8) is 0 Å². The van der Waals surface area contributed by atoms with E-state index in [1.54, 1.807) is 11.8 Å². The largest absolute Gasteiger partial charge is 0.398 e. The van der Waals surface area contributed by atoms with E-state index in [0.29, 0.717) is 6.42 Å². The van der Waals surface area contributed by atoms with Crippen LogP contribution in [0.5, 0.6) is 0 Å². The second-order valence-electron chi connectivity index (χ2n) is 5.04. The SMILES string of the molecule is C#CCCC(=C)NC(Cc1cccc(C(=C)C)c1N)SC. The molecule has 0 saturated carbocycles. The summed E-state index contributed by atoms with van der Waals surface area (Å²) in [6.45, 7) is 9.97. The van der Waals surface area contributed by atoms with Crippen LogP contribution in [0, 0.1) is 12.3 Å². The van der Waals surface area contributed by atoms with Crippen molar-refractivity contribution < 1.29 is 0 Å². The molecule has 1 rings (SSSR count). The van der Waals surface area contributed by atoms with E-state index in [-0.39, 0.29) is 5.37 Å². The molecular weight excluding hydrogens is 276 g/mol. The first-order valence-corrected chi connectivity index (χ1v) is 8.22. The normalized spacial score (nSPS) is 11.5. The molecule has 0 radical (unpaired) electrons. The van der Waals surface area contributed by atoms with Gasteiger partial charge in [-0.25, -0.2) is 0 Å². The van der Waals surface area contributed by atoms with Gasteiger partial charge >= 0.3 is 0 Å². The fourth-order valence-electron chi connectivity index (χ4n) is 2.08. The van der Waals surface area contributed by atoms with Crippen LogP contribution in [0.3, 0.4) is 0 Å². The highest BCUT2D eigenvalue weighted by atomic mass is 32.2. The lowest BCUT2D eigenvalue weighted by Crippen LogP contribution is -2.27. The third kappa shape index (κ3) is 5.24. The molecule has 0 aliphatic rings. The van der Waals surface area contributed by atoms with Gasteiger partial charge < -0.3 is 11.1 Å². The predicted octanol–water partition coefficient (Wildman–Crippen LogP) is 4.05. The molecule has 1 aromatic carbocycles. The Kier molecular flexibility index (Phi) is 6.98. The van der Waals surface area contributed by atoms with Gasteiger partial charge in [-0.1, -0.05) is 31.4 Å². The molecule has 2 nitrogen and oxygen atoms in total. The summed E-state index contributed by atoms with van der Waals surface area (Å²) >= 11 is 1.75. The van der Waals surface area contributed by atoms with Gasteiger partial charge in [0.1, 0.15) is 0 Å². The van der Waals surface area contributed by atoms with Gasteiger partial charge in [-0.2, -0.15) is 0 Å². The highest BCUT2D eigenvalue weighted by molar-refractivity contribution is 7.99. The summed E-state index contributed by atoms with van der Waals surface area (Å²) < 4.78 is 0. The lowest BCUT2D eigenvalue weighted by Gasteiger charge is -2.21. The Labute approximate surface area is 132 Å². The maximum absolute atomic E-state index is 6.25. The Morgan fingerprint density at radius 3 is 2.76 bits per heavy atom. The summed E-state index contributed by atoms with van der Waals surface area (Å²) in [5.74, 6) is 2.63. The van der Waals surface area contributed by atoms with Crippen molar-refractivity contribution in [3.05, 3.63) is 48.2 Å². The second-order valence-corrected chi connectivity index (χ2v) is 6.08. The van der Waals surface area contributed by atoms with Crippen molar-refractivity contribution in [2.45, 2.75) is 31.6 Å². The van der Waals surface area contributed by atoms with E-state index in [1.165, 1.54) is 0 Å². The molecule has 21 heavy (non-hydrogen) atoms. The van der Waals surface area contributed by atoms with Crippen molar-refractivity contribution in [1.29, 1.82) is 0 Å². The summed E-state index contributed by atoms with van der Waals surface area (Å²) in [7, 11) is 0. The molecule has 0 spiro atoms. The fraction of sp³-hybridized carbons (Fsp3) is 0.333. The number of thioether (sulfide) groups is 1. The lowest BCUT2D eigenvalue weighted by atomic mass is 10.0. The first-order valence-electron chi connectivity index (χ1n) is 6.93. The van der Waals surface area contributed by atoms with Gasteiger partial charge in [0.15, 0.2) is 0 Å². The van der Waals surface area contributed by atoms with Crippen molar-refractivity contribution in [3.8, 4) is 12.3 Å². The Morgan fingerprint density at radius 2 is 2.19 bits per heavy atom. The summed E-state index contributed by atoms with van der Waals surface area (Å²) in [5.41, 5.74) is 11.2. The van der Waals surface area contributed by atoms with Crippen LogP contribution in [0.25, 0.3) is 5.57 Å². The van der Waals surface area contributed by atoms with E-state index >= 15 is 0 Å². The predicted molar refractivity (Wildman–Crippen MR) is 96.9 cm³/mol. The second kappa shape index (κ2) is 8.49. The van der Waals surface area contributed by atoms with Gasteiger partial charge in [-0.3, -0.25) is 0 Å². The summed E-state index contributed by atoms with van der Waals surface area (Å²) in [4.78, 5) is 0. The molecule has 0 amide bonds. The first-order chi connectivity index (χ1) is 9.99. The Hall–Kier alpha value is -1.79. The van der Waals surface area contributed by atoms with Gasteiger partial charge in [0, 0.05) is 24.2 Å². The average molecular weight is 300 g/mol. The number of nitrogens with one attached hydrogen (secondary N) is 1. The molecule has 1 aromatic rings. The number of terminal acetylenes is 1. The monoisotopic (exact) mass is 300 g/mol. The van der Waals surface area contributed by atoms with Crippen LogP contribution in [-0.4, -0.2) is 11.6 Å². The lowest BCUT2D eigenvalue weighted by molar-refractivity contribution is 0.707. The first kappa shape index (κ1) is 17.3. The number of anilines is 1.